The van der Waals surface area contributed by atoms with Crippen molar-refractivity contribution < 1.29 is 0 Å². The second-order valence-electron chi connectivity index (χ2n) is 5.49. The first-order chi connectivity index (χ1) is 8.74. The van der Waals surface area contributed by atoms with Gasteiger partial charge in [0.25, 0.3) is 0 Å². The Morgan fingerprint density at radius 3 is 2.56 bits per heavy atom. The van der Waals surface area contributed by atoms with Crippen LogP contribution in [0.1, 0.15) is 5.56 Å². The van der Waals surface area contributed by atoms with Crippen LogP contribution in [0.25, 0.3) is 0 Å². The van der Waals surface area contributed by atoms with Crippen LogP contribution in [0.2, 0.25) is 19.0 Å². The second-order valence-corrected chi connectivity index (χ2v) is 5.49. The molecule has 0 saturated carbocycles. The van der Waals surface area contributed by atoms with Gasteiger partial charge in [0.05, 0.1) is 0 Å². The Balaban J connectivity index is 1.67. The topological polar surface area (TPSA) is 6.48 Å². The summed E-state index contributed by atoms with van der Waals surface area (Å²) in [5, 5.41) is 0. The molecule has 2 rings (SSSR count). The van der Waals surface area contributed by atoms with Crippen LogP contribution < -0.4 is 0 Å². The van der Waals surface area contributed by atoms with Gasteiger partial charge in [0, 0.05) is 6.54 Å². The Morgan fingerprint density at radius 2 is 1.89 bits per heavy atom. The smallest absolute Gasteiger partial charge is 0.182 e. The Labute approximate surface area is 113 Å². The largest absolute Gasteiger partial charge is 0.355 e. The molecule has 1 saturated heterocycles. The van der Waals surface area contributed by atoms with E-state index in [1.54, 1.807) is 0 Å². The molecule has 1 fully saturated rings. The van der Waals surface area contributed by atoms with Crippen LogP contribution in [0.15, 0.2) is 30.3 Å². The van der Waals surface area contributed by atoms with Crippen LogP contribution in [-0.4, -0.2) is 51.1 Å². The molecule has 18 heavy (non-hydrogen) atoms. The Kier molecular flexibility index (Phi) is 5.33. The molecule has 2 radical (unpaired) electrons. The van der Waals surface area contributed by atoms with Gasteiger partial charge in [-0.2, -0.15) is 0 Å². The summed E-state index contributed by atoms with van der Waals surface area (Å²) in [7, 11) is 7.99. The first kappa shape index (κ1) is 13.7. The molecular formula is C14H22B2N2. The summed E-state index contributed by atoms with van der Waals surface area (Å²) in [4.78, 5) is 4.37. The molecule has 0 bridgehead atoms. The molecule has 1 heterocycles. The van der Waals surface area contributed by atoms with Gasteiger partial charge in [0.2, 0.25) is 0 Å². The van der Waals surface area contributed by atoms with Gasteiger partial charge in [-0.15, -0.1) is 0 Å². The Bertz CT molecular complexity index is 337. The van der Waals surface area contributed by atoms with Crippen molar-refractivity contribution in [2.24, 2.45) is 0 Å². The SMILES string of the molecule is [B]N1CCB(CCN(C)Cc2ccccc2)CC1. The van der Waals surface area contributed by atoms with E-state index in [-0.39, 0.29) is 0 Å². The second kappa shape index (κ2) is 7.01. The fourth-order valence-electron chi connectivity index (χ4n) is 2.62. The minimum atomic E-state index is 0.864. The standard InChI is InChI=1S/C14H22B2N2/c1-17(13-14-5-3-2-4-6-14)10-7-16-8-11-18(15)12-9-16/h2-6H,7-13H2,1H3. The third kappa shape index (κ3) is 4.51. The zero-order chi connectivity index (χ0) is 12.8. The summed E-state index contributed by atoms with van der Waals surface area (Å²) in [6.45, 7) is 5.23. The van der Waals surface area contributed by atoms with Gasteiger partial charge in [-0.3, -0.25) is 0 Å². The van der Waals surface area contributed by atoms with Gasteiger partial charge >= 0.3 is 0 Å². The maximum absolute atomic E-state index is 5.78. The predicted molar refractivity (Wildman–Crippen MR) is 80.3 cm³/mol. The van der Waals surface area contributed by atoms with Crippen LogP contribution in [0.3, 0.4) is 0 Å². The molecule has 0 atom stereocenters. The van der Waals surface area contributed by atoms with Crippen LogP contribution in [0.5, 0.6) is 0 Å². The molecule has 0 N–H and O–H groups in total. The van der Waals surface area contributed by atoms with Gasteiger partial charge < -0.3 is 9.71 Å². The molecule has 4 heteroatoms. The van der Waals surface area contributed by atoms with E-state index < -0.39 is 0 Å². The van der Waals surface area contributed by atoms with E-state index in [9.17, 15) is 0 Å². The third-order valence-corrected chi connectivity index (χ3v) is 3.86. The molecule has 1 aliphatic rings. The van der Waals surface area contributed by atoms with Crippen molar-refractivity contribution in [3.05, 3.63) is 35.9 Å². The van der Waals surface area contributed by atoms with Crippen LogP contribution >= 0.6 is 0 Å². The predicted octanol–water partition coefficient (Wildman–Crippen LogP) is 2.01. The molecular weight excluding hydrogens is 218 g/mol. The van der Waals surface area contributed by atoms with Crippen molar-refractivity contribution >= 4 is 14.7 Å². The highest BCUT2D eigenvalue weighted by molar-refractivity contribution is 6.59. The van der Waals surface area contributed by atoms with Gasteiger partial charge in [-0.1, -0.05) is 49.3 Å². The van der Waals surface area contributed by atoms with Gasteiger partial charge in [0.15, 0.2) is 7.98 Å². The summed E-state index contributed by atoms with van der Waals surface area (Å²) in [6.07, 6.45) is 3.82. The van der Waals surface area contributed by atoms with E-state index in [1.165, 1.54) is 31.1 Å². The minimum absolute atomic E-state index is 0.864. The van der Waals surface area contributed by atoms with Gasteiger partial charge in [-0.05, 0) is 32.2 Å². The summed E-state index contributed by atoms with van der Waals surface area (Å²) < 4.78 is 0. The number of benzene rings is 1. The van der Waals surface area contributed by atoms with E-state index in [0.717, 1.165) is 26.3 Å². The summed E-state index contributed by atoms with van der Waals surface area (Å²) >= 11 is 0. The normalized spacial score (nSPS) is 17.3. The van der Waals surface area contributed by atoms with E-state index in [0.29, 0.717) is 0 Å². The lowest BCUT2D eigenvalue weighted by Crippen LogP contribution is -2.36. The summed E-state index contributed by atoms with van der Waals surface area (Å²) in [5.41, 5.74) is 1.40. The van der Waals surface area contributed by atoms with Crippen LogP contribution in [0, 0.1) is 0 Å². The minimum Gasteiger partial charge on any atom is -0.355 e. The summed E-state index contributed by atoms with van der Waals surface area (Å²) in [6, 6.07) is 10.7. The van der Waals surface area contributed by atoms with E-state index in [1.807, 2.05) is 4.81 Å². The maximum Gasteiger partial charge on any atom is 0.182 e. The molecule has 2 nitrogen and oxygen atoms in total. The van der Waals surface area contributed by atoms with Crippen molar-refractivity contribution in [1.82, 2.24) is 9.71 Å². The van der Waals surface area contributed by atoms with Crippen LogP contribution in [0.4, 0.5) is 0 Å². The van der Waals surface area contributed by atoms with Crippen molar-refractivity contribution in [1.29, 1.82) is 0 Å². The number of hydrogen-bond donors (Lipinski definition) is 0. The van der Waals surface area contributed by atoms with Crippen LogP contribution in [-0.2, 0) is 6.54 Å². The summed E-state index contributed by atoms with van der Waals surface area (Å²) in [5.74, 6) is 0. The van der Waals surface area contributed by atoms with E-state index >= 15 is 0 Å². The quantitative estimate of drug-likeness (QED) is 0.726. The highest BCUT2D eigenvalue weighted by atomic mass is 15.1. The Morgan fingerprint density at radius 1 is 1.22 bits per heavy atom. The average molecular weight is 240 g/mol. The molecule has 1 aromatic carbocycles. The molecule has 94 valence electrons. The highest BCUT2D eigenvalue weighted by Crippen LogP contribution is 2.14. The number of rotatable bonds is 5. The Hall–Kier alpha value is -0.730. The fraction of sp³-hybridized carbons (Fsp3) is 0.571. The monoisotopic (exact) mass is 240 g/mol. The average Bonchev–Trinajstić information content (AvgIpc) is 2.39. The van der Waals surface area contributed by atoms with Crippen molar-refractivity contribution in [3.8, 4) is 0 Å². The highest BCUT2D eigenvalue weighted by Gasteiger charge is 2.19. The fourth-order valence-corrected chi connectivity index (χ4v) is 2.62. The zero-order valence-corrected chi connectivity index (χ0v) is 11.4. The molecule has 0 aromatic heterocycles. The van der Waals surface area contributed by atoms with Crippen molar-refractivity contribution in [3.63, 3.8) is 0 Å². The van der Waals surface area contributed by atoms with E-state index in [4.69, 9.17) is 7.98 Å². The molecule has 0 aliphatic carbocycles. The van der Waals surface area contributed by atoms with Crippen molar-refractivity contribution in [2.45, 2.75) is 25.5 Å². The first-order valence-electron chi connectivity index (χ1n) is 6.96. The van der Waals surface area contributed by atoms with Gasteiger partial charge in [-0.25, -0.2) is 0 Å². The van der Waals surface area contributed by atoms with E-state index in [2.05, 4.69) is 42.3 Å². The zero-order valence-electron chi connectivity index (χ0n) is 11.4. The molecule has 0 spiro atoms. The third-order valence-electron chi connectivity index (χ3n) is 3.86. The number of hydrogen-bond acceptors (Lipinski definition) is 2. The maximum atomic E-state index is 5.78. The van der Waals surface area contributed by atoms with Crippen molar-refractivity contribution in [2.75, 3.05) is 26.7 Å². The lowest BCUT2D eigenvalue weighted by molar-refractivity contribution is 0.343. The lowest BCUT2D eigenvalue weighted by atomic mass is 9.41. The molecule has 0 unspecified atom stereocenters. The molecule has 1 aromatic rings. The molecule has 0 amide bonds. The lowest BCUT2D eigenvalue weighted by Gasteiger charge is -2.28. The first-order valence-corrected chi connectivity index (χ1v) is 6.96. The van der Waals surface area contributed by atoms with Gasteiger partial charge in [0.1, 0.15) is 6.71 Å². The number of nitrogens with zero attached hydrogens (tertiary/aromatic N) is 2. The molecule has 1 aliphatic heterocycles.